The van der Waals surface area contributed by atoms with Crippen molar-refractivity contribution in [3.63, 3.8) is 0 Å². The minimum absolute atomic E-state index is 0.0186. The second kappa shape index (κ2) is 10.2. The van der Waals surface area contributed by atoms with E-state index < -0.39 is 11.5 Å². The quantitative estimate of drug-likeness (QED) is 0.369. The molecular weight excluding hydrogens is 514 g/mol. The Balaban J connectivity index is 1.25. The number of nitrogens with one attached hydrogen (secondary N) is 2. The van der Waals surface area contributed by atoms with Gasteiger partial charge in [-0.25, -0.2) is 4.98 Å². The molecule has 4 aromatic rings. The van der Waals surface area contributed by atoms with Crippen molar-refractivity contribution in [2.24, 2.45) is 0 Å². The Hall–Kier alpha value is -3.97. The highest BCUT2D eigenvalue weighted by Gasteiger charge is 2.31. The van der Waals surface area contributed by atoms with Crippen molar-refractivity contribution >= 4 is 35.4 Å². The summed E-state index contributed by atoms with van der Waals surface area (Å²) < 4.78 is 6.29. The summed E-state index contributed by atoms with van der Waals surface area (Å²) in [6, 6.07) is 9.50. The summed E-state index contributed by atoms with van der Waals surface area (Å²) in [4.78, 5) is 44.6. The maximum absolute atomic E-state index is 13.4. The molecule has 4 heterocycles. The van der Waals surface area contributed by atoms with Gasteiger partial charge in [0.1, 0.15) is 28.4 Å². The smallest absolute Gasteiger partial charge is 0.295 e. The molecule has 11 nitrogen and oxygen atoms in total. The molecule has 0 unspecified atom stereocenters. The van der Waals surface area contributed by atoms with E-state index in [9.17, 15) is 14.4 Å². The summed E-state index contributed by atoms with van der Waals surface area (Å²) in [5.74, 6) is -0.0463. The van der Waals surface area contributed by atoms with Crippen molar-refractivity contribution in [3.8, 4) is 11.3 Å². The molecule has 0 aliphatic carbocycles. The average Bonchev–Trinajstić information content (AvgIpc) is 3.56. The van der Waals surface area contributed by atoms with Crippen LogP contribution in [0.25, 0.3) is 11.3 Å². The van der Waals surface area contributed by atoms with Gasteiger partial charge in [0.2, 0.25) is 4.77 Å². The molecule has 5 rings (SSSR count). The first-order chi connectivity index (χ1) is 17.8. The van der Waals surface area contributed by atoms with Gasteiger partial charge in [-0.2, -0.15) is 9.77 Å². The fourth-order valence-electron chi connectivity index (χ4n) is 4.23. The lowest BCUT2D eigenvalue weighted by atomic mass is 9.96. The van der Waals surface area contributed by atoms with E-state index in [1.54, 1.807) is 12.3 Å². The molecule has 0 spiro atoms. The summed E-state index contributed by atoms with van der Waals surface area (Å²) >= 11 is 6.43. The van der Waals surface area contributed by atoms with E-state index in [4.69, 9.17) is 16.7 Å². The maximum atomic E-state index is 13.4. The molecule has 1 aliphatic heterocycles. The average molecular weight is 538 g/mol. The van der Waals surface area contributed by atoms with E-state index in [0.717, 1.165) is 15.2 Å². The van der Waals surface area contributed by atoms with E-state index in [1.165, 1.54) is 18.3 Å². The van der Waals surface area contributed by atoms with E-state index in [0.29, 0.717) is 42.9 Å². The molecule has 1 aromatic carbocycles. The van der Waals surface area contributed by atoms with Crippen LogP contribution in [0, 0.1) is 18.6 Å². The van der Waals surface area contributed by atoms with Gasteiger partial charge in [0.25, 0.3) is 17.4 Å². The number of benzene rings is 1. The summed E-state index contributed by atoms with van der Waals surface area (Å²) in [6.07, 6.45) is 1.42. The SMILES string of the molecule is Cc1onc(-c2ccccc2)c1C(=O)N1CCC(c2nc(C(=O)Nn3c(=S)[nH]nc(C)c3=O)cs2)CC1. The highest BCUT2D eigenvalue weighted by Crippen LogP contribution is 2.32. The van der Waals surface area contributed by atoms with E-state index in [2.05, 4.69) is 25.8 Å². The van der Waals surface area contributed by atoms with Gasteiger partial charge < -0.3 is 9.42 Å². The van der Waals surface area contributed by atoms with Gasteiger partial charge in [0, 0.05) is 30.0 Å². The molecule has 3 aromatic heterocycles. The fraction of sp³-hybridized carbons (Fsp3) is 0.292. The van der Waals surface area contributed by atoms with Crippen molar-refractivity contribution in [1.29, 1.82) is 0 Å². The molecular formula is C24H23N7O4S2. The number of nitrogens with zero attached hydrogens (tertiary/aromatic N) is 5. The number of likely N-dealkylation sites (tertiary alicyclic amines) is 1. The van der Waals surface area contributed by atoms with Gasteiger partial charge in [0.05, 0.1) is 5.01 Å². The minimum Gasteiger partial charge on any atom is -0.360 e. The van der Waals surface area contributed by atoms with Crippen LogP contribution in [0.3, 0.4) is 0 Å². The van der Waals surface area contributed by atoms with Crippen LogP contribution in [0.2, 0.25) is 0 Å². The fourth-order valence-corrected chi connectivity index (χ4v) is 5.37. The number of aromatic nitrogens is 5. The zero-order chi connectivity index (χ0) is 26.1. The van der Waals surface area contributed by atoms with Crippen LogP contribution in [0.1, 0.15) is 56.1 Å². The largest absolute Gasteiger partial charge is 0.360 e. The van der Waals surface area contributed by atoms with E-state index in [-0.39, 0.29) is 28.0 Å². The first-order valence-electron chi connectivity index (χ1n) is 11.6. The molecule has 190 valence electrons. The van der Waals surface area contributed by atoms with Crippen molar-refractivity contribution in [2.45, 2.75) is 32.6 Å². The van der Waals surface area contributed by atoms with Crippen molar-refractivity contribution in [3.05, 3.63) is 78.6 Å². The van der Waals surface area contributed by atoms with Crippen LogP contribution in [0.5, 0.6) is 0 Å². The van der Waals surface area contributed by atoms with E-state index >= 15 is 0 Å². The Labute approximate surface area is 220 Å². The Morgan fingerprint density at radius 2 is 1.92 bits per heavy atom. The van der Waals surface area contributed by atoms with E-state index in [1.807, 2.05) is 35.2 Å². The topological polar surface area (TPSA) is 139 Å². The predicted octanol–water partition coefficient (Wildman–Crippen LogP) is 3.43. The number of rotatable bonds is 5. The molecule has 1 fully saturated rings. The molecule has 0 atom stereocenters. The minimum atomic E-state index is -0.543. The summed E-state index contributed by atoms with van der Waals surface area (Å²) in [5, 5.41) is 12.9. The Kier molecular flexibility index (Phi) is 6.80. The van der Waals surface area contributed by atoms with Crippen molar-refractivity contribution < 1.29 is 14.1 Å². The third kappa shape index (κ3) is 4.87. The molecule has 0 saturated carbocycles. The highest BCUT2D eigenvalue weighted by atomic mass is 32.1. The number of carbonyl (C=O) groups excluding carboxylic acids is 2. The van der Waals surface area contributed by atoms with Crippen LogP contribution in [-0.2, 0) is 0 Å². The number of piperidine rings is 1. The van der Waals surface area contributed by atoms with Gasteiger partial charge in [0.15, 0.2) is 0 Å². The number of aromatic amines is 1. The maximum Gasteiger partial charge on any atom is 0.295 e. The van der Waals surface area contributed by atoms with Gasteiger partial charge in [-0.05, 0) is 38.9 Å². The van der Waals surface area contributed by atoms with Crippen molar-refractivity contribution in [2.75, 3.05) is 18.5 Å². The van der Waals surface area contributed by atoms with Crippen molar-refractivity contribution in [1.82, 2.24) is 29.9 Å². The molecule has 0 radical (unpaired) electrons. The lowest BCUT2D eigenvalue weighted by Crippen LogP contribution is -2.38. The number of hydrogen-bond acceptors (Lipinski definition) is 9. The number of H-pyrrole nitrogens is 1. The Bertz CT molecular complexity index is 1580. The molecule has 2 N–H and O–H groups in total. The number of aryl methyl sites for hydroxylation is 2. The number of thiazole rings is 1. The van der Waals surface area contributed by atoms with Crippen LogP contribution in [0.15, 0.2) is 45.0 Å². The lowest BCUT2D eigenvalue weighted by molar-refractivity contribution is 0.0711. The van der Waals surface area contributed by atoms with Crippen LogP contribution < -0.4 is 11.0 Å². The second-order valence-corrected chi connectivity index (χ2v) is 9.94. The van der Waals surface area contributed by atoms with Crippen LogP contribution in [-0.4, -0.2) is 54.8 Å². The number of amides is 2. The summed E-state index contributed by atoms with van der Waals surface area (Å²) in [6.45, 7) is 4.35. The molecule has 13 heteroatoms. The van der Waals surface area contributed by atoms with Crippen LogP contribution in [0.4, 0.5) is 0 Å². The number of hydrogen-bond donors (Lipinski definition) is 2. The van der Waals surface area contributed by atoms with Crippen LogP contribution >= 0.6 is 23.6 Å². The van der Waals surface area contributed by atoms with Gasteiger partial charge >= 0.3 is 0 Å². The Morgan fingerprint density at radius 1 is 1.19 bits per heavy atom. The normalized spacial score (nSPS) is 14.1. The molecule has 1 saturated heterocycles. The van der Waals surface area contributed by atoms with Gasteiger partial charge in [-0.15, -0.1) is 11.3 Å². The third-order valence-electron chi connectivity index (χ3n) is 6.26. The monoisotopic (exact) mass is 537 g/mol. The molecule has 2 amide bonds. The molecule has 37 heavy (non-hydrogen) atoms. The third-order valence-corrected chi connectivity index (χ3v) is 7.54. The summed E-state index contributed by atoms with van der Waals surface area (Å²) in [5.41, 5.74) is 4.20. The zero-order valence-electron chi connectivity index (χ0n) is 20.1. The lowest BCUT2D eigenvalue weighted by Gasteiger charge is -2.31. The summed E-state index contributed by atoms with van der Waals surface area (Å²) in [7, 11) is 0. The zero-order valence-corrected chi connectivity index (χ0v) is 21.7. The predicted molar refractivity (Wildman–Crippen MR) is 139 cm³/mol. The molecule has 0 bridgehead atoms. The van der Waals surface area contributed by atoms with Gasteiger partial charge in [-0.3, -0.25) is 24.9 Å². The number of carbonyl (C=O) groups is 2. The molecule has 1 aliphatic rings. The first-order valence-corrected chi connectivity index (χ1v) is 12.9. The van der Waals surface area contributed by atoms with Gasteiger partial charge in [-0.1, -0.05) is 35.5 Å². The second-order valence-electron chi connectivity index (χ2n) is 8.66. The first kappa shape index (κ1) is 24.7. The standard InChI is InChI=1S/C24H23N7O4S2/c1-13-22(33)31(24(36)27-26-13)28-20(32)17-12-37-21(25-17)16-8-10-30(11-9-16)23(34)18-14(2)35-29-19(18)15-6-4-3-5-7-15/h3-7,12,16H,8-11H2,1-2H3,(H,27,36)(H,28,32). The highest BCUT2D eigenvalue weighted by molar-refractivity contribution is 7.71. The Morgan fingerprint density at radius 3 is 2.65 bits per heavy atom.